The summed E-state index contributed by atoms with van der Waals surface area (Å²) in [5, 5.41) is 12.3. The quantitative estimate of drug-likeness (QED) is 0.0569. The summed E-state index contributed by atoms with van der Waals surface area (Å²) in [7, 11) is 0. The van der Waals surface area contributed by atoms with Gasteiger partial charge in [0.05, 0.1) is 13.2 Å². The Morgan fingerprint density at radius 2 is 0.974 bits per heavy atom. The molecule has 0 saturated heterocycles. The summed E-state index contributed by atoms with van der Waals surface area (Å²) in [5.41, 5.74) is -1.21. The van der Waals surface area contributed by atoms with Gasteiger partial charge in [0.1, 0.15) is 0 Å². The zero-order valence-electron chi connectivity index (χ0n) is 25.5. The minimum atomic E-state index is -1.21. The third kappa shape index (κ3) is 20.8. The lowest BCUT2D eigenvalue weighted by molar-refractivity contribution is -0.172. The highest BCUT2D eigenvalue weighted by Crippen LogP contribution is 2.29. The molecule has 0 aromatic carbocycles. The Morgan fingerprint density at radius 3 is 1.45 bits per heavy atom. The Hall–Kier alpha value is -1.14. The zero-order valence-corrected chi connectivity index (χ0v) is 25.5. The van der Waals surface area contributed by atoms with Gasteiger partial charge in [-0.1, -0.05) is 110 Å². The van der Waals surface area contributed by atoms with Crippen molar-refractivity contribution in [2.75, 3.05) is 32.9 Å². The molecule has 0 amide bonds. The molecular formula is C32H63NO5. The van der Waals surface area contributed by atoms with Crippen LogP contribution in [0.3, 0.4) is 0 Å². The molecule has 0 atom stereocenters. The third-order valence-electron chi connectivity index (χ3n) is 7.41. The first-order valence-corrected chi connectivity index (χ1v) is 16.2. The van der Waals surface area contributed by atoms with Crippen LogP contribution in [0.1, 0.15) is 156 Å². The topological polar surface area (TPSA) is 84.9 Å². The van der Waals surface area contributed by atoms with Crippen LogP contribution in [0.25, 0.3) is 0 Å². The summed E-state index contributed by atoms with van der Waals surface area (Å²) in [6.45, 7) is 9.22. The molecule has 0 unspecified atom stereocenters. The highest BCUT2D eigenvalue weighted by atomic mass is 16.6. The molecule has 0 aromatic rings. The molecule has 0 fully saturated rings. The first kappa shape index (κ1) is 36.9. The number of aliphatic hydroxyl groups excluding tert-OH is 1. The number of ether oxygens (including phenoxy) is 2. The van der Waals surface area contributed by atoms with E-state index >= 15 is 0 Å². The molecule has 0 aromatic heterocycles. The fourth-order valence-corrected chi connectivity index (χ4v) is 4.62. The highest BCUT2D eigenvalue weighted by molar-refractivity contribution is 5.99. The number of nitrogens with one attached hydrogen (secondary N) is 1. The Kier molecular flexibility index (Phi) is 26.6. The van der Waals surface area contributed by atoms with E-state index < -0.39 is 17.4 Å². The van der Waals surface area contributed by atoms with Crippen LogP contribution in [0.15, 0.2) is 0 Å². The van der Waals surface area contributed by atoms with Crippen molar-refractivity contribution in [3.8, 4) is 0 Å². The largest absolute Gasteiger partial charge is 0.465 e. The van der Waals surface area contributed by atoms with E-state index in [2.05, 4.69) is 19.2 Å². The number of esters is 2. The lowest BCUT2D eigenvalue weighted by Crippen LogP contribution is -2.39. The van der Waals surface area contributed by atoms with Crippen LogP contribution < -0.4 is 5.32 Å². The van der Waals surface area contributed by atoms with Gasteiger partial charge in [-0.2, -0.15) is 0 Å². The number of carbonyl (C=O) groups is 2. The predicted octanol–water partition coefficient (Wildman–Crippen LogP) is 7.89. The molecule has 6 nitrogen and oxygen atoms in total. The molecule has 0 radical (unpaired) electrons. The molecule has 0 bridgehead atoms. The molecule has 2 N–H and O–H groups in total. The molecule has 38 heavy (non-hydrogen) atoms. The van der Waals surface area contributed by atoms with E-state index in [0.29, 0.717) is 26.2 Å². The average molecular weight is 542 g/mol. The van der Waals surface area contributed by atoms with Gasteiger partial charge in [0, 0.05) is 6.61 Å². The number of hydrogen-bond acceptors (Lipinski definition) is 6. The summed E-state index contributed by atoms with van der Waals surface area (Å²) < 4.78 is 11.2. The third-order valence-corrected chi connectivity index (χ3v) is 7.41. The number of hydrogen-bond donors (Lipinski definition) is 2. The van der Waals surface area contributed by atoms with Gasteiger partial charge >= 0.3 is 11.9 Å². The summed E-state index contributed by atoms with van der Waals surface area (Å²) in [5.74, 6) is -0.830. The van der Waals surface area contributed by atoms with E-state index in [1.54, 1.807) is 6.92 Å². The molecular weight excluding hydrogens is 478 g/mol. The second-order valence-electron chi connectivity index (χ2n) is 11.2. The van der Waals surface area contributed by atoms with Crippen LogP contribution in [-0.4, -0.2) is 50.0 Å². The monoisotopic (exact) mass is 541 g/mol. The van der Waals surface area contributed by atoms with Gasteiger partial charge in [-0.15, -0.1) is 0 Å². The van der Waals surface area contributed by atoms with Crippen molar-refractivity contribution < 1.29 is 24.2 Å². The maximum atomic E-state index is 13.0. The molecule has 0 aliphatic rings. The van der Waals surface area contributed by atoms with Crippen LogP contribution in [-0.2, 0) is 19.1 Å². The molecule has 0 spiro atoms. The summed E-state index contributed by atoms with van der Waals surface area (Å²) in [4.78, 5) is 26.1. The molecule has 0 aliphatic heterocycles. The van der Waals surface area contributed by atoms with Crippen molar-refractivity contribution in [3.63, 3.8) is 0 Å². The number of aliphatic hydroxyl groups is 1. The second-order valence-corrected chi connectivity index (χ2v) is 11.2. The molecule has 0 aliphatic carbocycles. The van der Waals surface area contributed by atoms with Gasteiger partial charge in [-0.3, -0.25) is 9.59 Å². The van der Waals surface area contributed by atoms with Gasteiger partial charge in [0.15, 0.2) is 5.41 Å². The molecule has 0 heterocycles. The SMILES string of the molecule is CCCCCCCCOC(=O)C(C)(CCCCCCNCCCCCCO)C(=O)OCCCCCCCC. The standard InChI is InChI=1S/C32H63NO5/c1-4-6-8-10-16-22-28-37-30(35)32(3,31(36)38-29-23-17-11-9-7-5-2)24-18-12-13-19-25-33-26-20-14-15-21-27-34/h33-34H,4-29H2,1-3H3. The van der Waals surface area contributed by atoms with Crippen LogP contribution in [0.2, 0.25) is 0 Å². The van der Waals surface area contributed by atoms with Crippen LogP contribution >= 0.6 is 0 Å². The van der Waals surface area contributed by atoms with E-state index in [1.807, 2.05) is 0 Å². The van der Waals surface area contributed by atoms with Crippen LogP contribution in [0.5, 0.6) is 0 Å². The smallest absolute Gasteiger partial charge is 0.323 e. The molecule has 226 valence electrons. The maximum Gasteiger partial charge on any atom is 0.323 e. The summed E-state index contributed by atoms with van der Waals surface area (Å²) >= 11 is 0. The highest BCUT2D eigenvalue weighted by Gasteiger charge is 2.43. The fraction of sp³-hybridized carbons (Fsp3) is 0.938. The van der Waals surface area contributed by atoms with Crippen molar-refractivity contribution in [2.24, 2.45) is 5.41 Å². The van der Waals surface area contributed by atoms with Crippen molar-refractivity contribution in [3.05, 3.63) is 0 Å². The van der Waals surface area contributed by atoms with Crippen molar-refractivity contribution in [1.82, 2.24) is 5.32 Å². The van der Waals surface area contributed by atoms with Gasteiger partial charge < -0.3 is 19.9 Å². The van der Waals surface area contributed by atoms with E-state index in [0.717, 1.165) is 90.1 Å². The number of rotatable bonds is 29. The molecule has 0 rings (SSSR count). The summed E-state index contributed by atoms with van der Waals surface area (Å²) in [6, 6.07) is 0. The summed E-state index contributed by atoms with van der Waals surface area (Å²) in [6.07, 6.45) is 22.3. The van der Waals surface area contributed by atoms with Crippen LogP contribution in [0.4, 0.5) is 0 Å². The fourth-order valence-electron chi connectivity index (χ4n) is 4.62. The first-order valence-electron chi connectivity index (χ1n) is 16.2. The first-order chi connectivity index (χ1) is 18.5. The Morgan fingerprint density at radius 1 is 0.579 bits per heavy atom. The normalized spacial score (nSPS) is 11.6. The number of unbranched alkanes of at least 4 members (excludes halogenated alkanes) is 16. The van der Waals surface area contributed by atoms with E-state index in [4.69, 9.17) is 14.6 Å². The zero-order chi connectivity index (χ0) is 28.2. The lowest BCUT2D eigenvalue weighted by Gasteiger charge is -2.25. The maximum absolute atomic E-state index is 13.0. The van der Waals surface area contributed by atoms with Crippen molar-refractivity contribution in [2.45, 2.75) is 156 Å². The minimum Gasteiger partial charge on any atom is -0.465 e. The molecule has 6 heteroatoms. The molecule has 0 saturated carbocycles. The van der Waals surface area contributed by atoms with Gasteiger partial charge in [-0.05, 0) is 58.5 Å². The number of carbonyl (C=O) groups excluding carboxylic acids is 2. The van der Waals surface area contributed by atoms with E-state index in [9.17, 15) is 9.59 Å². The van der Waals surface area contributed by atoms with Crippen molar-refractivity contribution >= 4 is 11.9 Å². The van der Waals surface area contributed by atoms with Crippen molar-refractivity contribution in [1.29, 1.82) is 0 Å². The minimum absolute atomic E-state index is 0.292. The second kappa shape index (κ2) is 27.4. The Bertz CT molecular complexity index is 510. The lowest BCUT2D eigenvalue weighted by atomic mass is 9.84. The van der Waals surface area contributed by atoms with Crippen LogP contribution in [0, 0.1) is 5.41 Å². The average Bonchev–Trinajstić information content (AvgIpc) is 2.92. The van der Waals surface area contributed by atoms with E-state index in [-0.39, 0.29) is 0 Å². The Balaban J connectivity index is 4.39. The van der Waals surface area contributed by atoms with Gasteiger partial charge in [0.25, 0.3) is 0 Å². The van der Waals surface area contributed by atoms with E-state index in [1.165, 1.54) is 51.4 Å². The van der Waals surface area contributed by atoms with Gasteiger partial charge in [0.2, 0.25) is 0 Å². The predicted molar refractivity (Wildman–Crippen MR) is 158 cm³/mol. The Labute approximate surface area is 235 Å². The van der Waals surface area contributed by atoms with Gasteiger partial charge in [-0.25, -0.2) is 0 Å².